The van der Waals surface area contributed by atoms with Crippen molar-refractivity contribution >= 4 is 11.9 Å². The van der Waals surface area contributed by atoms with Gasteiger partial charge in [0.05, 0.1) is 17.0 Å². The van der Waals surface area contributed by atoms with Gasteiger partial charge in [-0.25, -0.2) is 0 Å². The van der Waals surface area contributed by atoms with E-state index < -0.39 is 52.9 Å². The van der Waals surface area contributed by atoms with Gasteiger partial charge in [-0.15, -0.1) is 0 Å². The Kier molecular flexibility index (Phi) is 5.52. The second kappa shape index (κ2) is 7.16. The topological polar surface area (TPSA) is 66.4 Å². The molecule has 0 saturated heterocycles. The Bertz CT molecular complexity index is 658. The average molecular weight is 383 g/mol. The second-order valence-electron chi connectivity index (χ2n) is 6.15. The Hall–Kier alpha value is -2.26. The highest BCUT2D eigenvalue weighted by atomic mass is 19.4. The molecule has 2 N–H and O–H groups in total. The molecular formula is C16H15F6NO3. The predicted molar refractivity (Wildman–Crippen MR) is 77.3 cm³/mol. The minimum atomic E-state index is -5.03. The Morgan fingerprint density at radius 2 is 1.35 bits per heavy atom. The fourth-order valence-corrected chi connectivity index (χ4v) is 2.84. The number of carbonyl (C=O) groups excluding carboxylic acids is 1. The molecule has 0 bridgehead atoms. The molecular weight excluding hydrogens is 368 g/mol. The van der Waals surface area contributed by atoms with Gasteiger partial charge in [-0.05, 0) is 43.9 Å². The van der Waals surface area contributed by atoms with E-state index in [2.05, 4.69) is 5.32 Å². The molecule has 1 amide bonds. The van der Waals surface area contributed by atoms with Gasteiger partial charge in [0, 0.05) is 11.6 Å². The van der Waals surface area contributed by atoms with E-state index in [1.54, 1.807) is 0 Å². The monoisotopic (exact) mass is 383 g/mol. The molecule has 0 atom stereocenters. The first-order chi connectivity index (χ1) is 11.9. The van der Waals surface area contributed by atoms with Crippen LogP contribution >= 0.6 is 0 Å². The van der Waals surface area contributed by atoms with Gasteiger partial charge < -0.3 is 10.4 Å². The van der Waals surface area contributed by atoms with Crippen LogP contribution in [0.15, 0.2) is 18.2 Å². The lowest BCUT2D eigenvalue weighted by Gasteiger charge is -2.27. The number of hydrogen-bond donors (Lipinski definition) is 2. The van der Waals surface area contributed by atoms with Gasteiger partial charge in [-0.3, -0.25) is 9.59 Å². The zero-order valence-electron chi connectivity index (χ0n) is 13.2. The van der Waals surface area contributed by atoms with Crippen LogP contribution in [0, 0.1) is 5.92 Å². The molecule has 10 heteroatoms. The Balaban J connectivity index is 2.19. The molecule has 1 aromatic rings. The molecule has 0 heterocycles. The highest BCUT2D eigenvalue weighted by Crippen LogP contribution is 2.36. The van der Waals surface area contributed by atoms with Gasteiger partial charge in [-0.2, -0.15) is 26.3 Å². The van der Waals surface area contributed by atoms with Gasteiger partial charge >= 0.3 is 18.3 Å². The summed E-state index contributed by atoms with van der Waals surface area (Å²) in [7, 11) is 0. The van der Waals surface area contributed by atoms with Crippen molar-refractivity contribution < 1.29 is 41.0 Å². The molecule has 26 heavy (non-hydrogen) atoms. The molecule has 1 saturated carbocycles. The lowest BCUT2D eigenvalue weighted by Crippen LogP contribution is -2.38. The van der Waals surface area contributed by atoms with E-state index in [1.807, 2.05) is 0 Å². The zero-order chi connectivity index (χ0) is 19.7. The van der Waals surface area contributed by atoms with Crippen LogP contribution in [0.2, 0.25) is 0 Å². The Labute approximate surface area is 144 Å². The first kappa shape index (κ1) is 20.1. The number of alkyl halides is 6. The molecule has 1 aromatic carbocycles. The van der Waals surface area contributed by atoms with Crippen LogP contribution in [0.4, 0.5) is 26.3 Å². The normalized spacial score (nSPS) is 21.3. The van der Waals surface area contributed by atoms with E-state index in [0.717, 1.165) is 0 Å². The number of benzene rings is 1. The third kappa shape index (κ3) is 4.89. The number of aliphatic carboxylic acids is 1. The van der Waals surface area contributed by atoms with Crippen LogP contribution in [0.5, 0.6) is 0 Å². The SMILES string of the molecule is O=C(NC1CCC(C(=O)O)CC1)c1cc(C(F)(F)F)cc(C(F)(F)F)c1. The summed E-state index contributed by atoms with van der Waals surface area (Å²) in [5, 5.41) is 11.3. The van der Waals surface area contributed by atoms with Crippen molar-refractivity contribution in [2.24, 2.45) is 5.92 Å². The van der Waals surface area contributed by atoms with Crippen molar-refractivity contribution in [3.05, 3.63) is 34.9 Å². The van der Waals surface area contributed by atoms with E-state index in [-0.39, 0.29) is 31.7 Å². The third-order valence-electron chi connectivity index (χ3n) is 4.26. The Morgan fingerprint density at radius 3 is 1.73 bits per heavy atom. The summed E-state index contributed by atoms with van der Waals surface area (Å²) in [4.78, 5) is 23.0. The summed E-state index contributed by atoms with van der Waals surface area (Å²) < 4.78 is 76.9. The number of hydrogen-bond acceptors (Lipinski definition) is 2. The fraction of sp³-hybridized carbons (Fsp3) is 0.500. The highest BCUT2D eigenvalue weighted by molar-refractivity contribution is 5.94. The van der Waals surface area contributed by atoms with Crippen molar-refractivity contribution in [2.45, 2.75) is 44.1 Å². The lowest BCUT2D eigenvalue weighted by atomic mass is 9.86. The first-order valence-electron chi connectivity index (χ1n) is 7.71. The van der Waals surface area contributed by atoms with E-state index in [4.69, 9.17) is 5.11 Å². The van der Waals surface area contributed by atoms with Gasteiger partial charge in [0.15, 0.2) is 0 Å². The van der Waals surface area contributed by atoms with Crippen LogP contribution in [0.25, 0.3) is 0 Å². The number of amides is 1. The average Bonchev–Trinajstić information content (AvgIpc) is 2.53. The summed E-state index contributed by atoms with van der Waals surface area (Å²) in [6.45, 7) is 0. The fourth-order valence-electron chi connectivity index (χ4n) is 2.84. The van der Waals surface area contributed by atoms with Gasteiger partial charge in [0.25, 0.3) is 5.91 Å². The molecule has 4 nitrogen and oxygen atoms in total. The smallest absolute Gasteiger partial charge is 0.416 e. The standard InChI is InChI=1S/C16H15F6NO3/c17-15(18,19)10-5-9(6-11(7-10)16(20,21)22)13(24)23-12-3-1-8(2-4-12)14(25)26/h5-8,12H,1-4H2,(H,23,24)(H,25,26). The number of halogens is 6. The molecule has 1 fully saturated rings. The van der Waals surface area contributed by atoms with E-state index in [9.17, 15) is 35.9 Å². The molecule has 0 aromatic heterocycles. The molecule has 1 aliphatic carbocycles. The van der Waals surface area contributed by atoms with Crippen molar-refractivity contribution in [3.8, 4) is 0 Å². The number of rotatable bonds is 3. The van der Waals surface area contributed by atoms with Crippen LogP contribution in [-0.2, 0) is 17.1 Å². The van der Waals surface area contributed by atoms with Crippen LogP contribution < -0.4 is 5.32 Å². The number of nitrogens with one attached hydrogen (secondary N) is 1. The minimum absolute atomic E-state index is 0.0468. The maximum atomic E-state index is 12.8. The minimum Gasteiger partial charge on any atom is -0.481 e. The maximum Gasteiger partial charge on any atom is 0.416 e. The molecule has 144 valence electrons. The van der Waals surface area contributed by atoms with Crippen molar-refractivity contribution in [3.63, 3.8) is 0 Å². The van der Waals surface area contributed by atoms with E-state index >= 15 is 0 Å². The van der Waals surface area contributed by atoms with Gasteiger partial charge in [-0.1, -0.05) is 0 Å². The molecule has 0 radical (unpaired) electrons. The molecule has 0 unspecified atom stereocenters. The first-order valence-corrected chi connectivity index (χ1v) is 7.71. The van der Waals surface area contributed by atoms with Gasteiger partial charge in [0.2, 0.25) is 0 Å². The van der Waals surface area contributed by atoms with Crippen LogP contribution in [0.3, 0.4) is 0 Å². The molecule has 0 aliphatic heterocycles. The number of carboxylic acids is 1. The summed E-state index contributed by atoms with van der Waals surface area (Å²) >= 11 is 0. The van der Waals surface area contributed by atoms with Crippen LogP contribution in [-0.4, -0.2) is 23.0 Å². The van der Waals surface area contributed by atoms with Crippen molar-refractivity contribution in [1.29, 1.82) is 0 Å². The third-order valence-corrected chi connectivity index (χ3v) is 4.26. The molecule has 1 aliphatic rings. The second-order valence-corrected chi connectivity index (χ2v) is 6.15. The molecule has 2 rings (SSSR count). The van der Waals surface area contributed by atoms with Crippen molar-refractivity contribution in [2.75, 3.05) is 0 Å². The largest absolute Gasteiger partial charge is 0.481 e. The summed E-state index contributed by atoms with van der Waals surface area (Å²) in [5.74, 6) is -2.59. The number of carbonyl (C=O) groups is 2. The van der Waals surface area contributed by atoms with Gasteiger partial charge in [0.1, 0.15) is 0 Å². The molecule has 0 spiro atoms. The summed E-state index contributed by atoms with van der Waals surface area (Å²) in [5.41, 5.74) is -3.87. The van der Waals surface area contributed by atoms with E-state index in [1.165, 1.54) is 0 Å². The summed E-state index contributed by atoms with van der Waals surface area (Å²) in [6, 6.07) is 0.192. The number of carboxylic acid groups (broad SMARTS) is 1. The highest BCUT2D eigenvalue weighted by Gasteiger charge is 2.37. The lowest BCUT2D eigenvalue weighted by molar-refractivity contribution is -0.144. The van der Waals surface area contributed by atoms with E-state index in [0.29, 0.717) is 12.1 Å². The van der Waals surface area contributed by atoms with Crippen LogP contribution in [0.1, 0.15) is 47.2 Å². The zero-order valence-corrected chi connectivity index (χ0v) is 13.2. The van der Waals surface area contributed by atoms with Crippen molar-refractivity contribution in [1.82, 2.24) is 5.32 Å². The summed E-state index contributed by atoms with van der Waals surface area (Å²) in [6.07, 6.45) is -8.94. The predicted octanol–water partition coefficient (Wildman–Crippen LogP) is 4.10. The Morgan fingerprint density at radius 1 is 0.885 bits per heavy atom. The maximum absolute atomic E-state index is 12.8. The quantitative estimate of drug-likeness (QED) is 0.773.